The molecule has 42 heavy (non-hydrogen) atoms. The number of fused-ring (bicyclic) bond motifs is 4. The molecule has 8 rings (SSSR count). The molecule has 0 saturated carbocycles. The maximum Gasteiger partial charge on any atom is 0.0468 e. The second-order valence-electron chi connectivity index (χ2n) is 10.6. The smallest absolute Gasteiger partial charge is 0.0468 e. The Hall–Kier alpha value is -5.18. The fourth-order valence-electron chi connectivity index (χ4n) is 5.91. The van der Waals surface area contributed by atoms with Crippen LogP contribution in [0.5, 0.6) is 0 Å². The Balaban J connectivity index is 1.18. The minimum atomic E-state index is 1.13. The molecule has 1 aromatic heterocycles. The summed E-state index contributed by atoms with van der Waals surface area (Å²) in [4.78, 5) is 2.34. The molecular weight excluding hydrogens is 527 g/mol. The number of benzene rings is 7. The summed E-state index contributed by atoms with van der Waals surface area (Å²) < 4.78 is 2.67. The topological polar surface area (TPSA) is 3.24 Å². The largest absolute Gasteiger partial charge is 0.310 e. The van der Waals surface area contributed by atoms with E-state index in [2.05, 4.69) is 169 Å². The summed E-state index contributed by atoms with van der Waals surface area (Å²) in [6.07, 6.45) is 0. The summed E-state index contributed by atoms with van der Waals surface area (Å²) in [6.45, 7) is 0. The molecule has 8 aromatic rings. The fraction of sp³-hybridized carbons (Fsp3) is 0. The molecule has 0 fully saturated rings. The minimum Gasteiger partial charge on any atom is -0.310 e. The first kappa shape index (κ1) is 24.6. The van der Waals surface area contributed by atoms with E-state index in [4.69, 9.17) is 0 Å². The molecule has 2 heteroatoms. The zero-order chi connectivity index (χ0) is 27.9. The van der Waals surface area contributed by atoms with Gasteiger partial charge in [0.25, 0.3) is 0 Å². The van der Waals surface area contributed by atoms with Crippen molar-refractivity contribution in [3.63, 3.8) is 0 Å². The molecule has 1 heterocycles. The molecule has 0 spiro atoms. The van der Waals surface area contributed by atoms with Gasteiger partial charge in [-0.1, -0.05) is 109 Å². The van der Waals surface area contributed by atoms with Crippen molar-refractivity contribution >= 4 is 59.3 Å². The first-order valence-corrected chi connectivity index (χ1v) is 15.1. The van der Waals surface area contributed by atoms with Crippen LogP contribution in [0.25, 0.3) is 53.2 Å². The molecule has 0 aliphatic carbocycles. The van der Waals surface area contributed by atoms with Crippen LogP contribution in [0.4, 0.5) is 17.1 Å². The Morgan fingerprint density at radius 1 is 0.333 bits per heavy atom. The summed E-state index contributed by atoms with van der Waals surface area (Å²) in [5.74, 6) is 0. The number of hydrogen-bond acceptors (Lipinski definition) is 2. The van der Waals surface area contributed by atoms with E-state index in [1.54, 1.807) is 0 Å². The summed E-state index contributed by atoms with van der Waals surface area (Å²) >= 11 is 1.87. The third-order valence-electron chi connectivity index (χ3n) is 8.04. The quantitative estimate of drug-likeness (QED) is 0.205. The van der Waals surface area contributed by atoms with Gasteiger partial charge in [-0.05, 0) is 87.6 Å². The second kappa shape index (κ2) is 10.3. The number of rotatable bonds is 5. The van der Waals surface area contributed by atoms with Crippen LogP contribution in [0.15, 0.2) is 164 Å². The van der Waals surface area contributed by atoms with Crippen LogP contribution in [-0.2, 0) is 0 Å². The Labute approximate surface area is 249 Å². The lowest BCUT2D eigenvalue weighted by Crippen LogP contribution is -2.09. The number of nitrogens with zero attached hydrogens (tertiary/aromatic N) is 1. The molecule has 198 valence electrons. The predicted molar refractivity (Wildman–Crippen MR) is 182 cm³/mol. The van der Waals surface area contributed by atoms with Gasteiger partial charge in [0.2, 0.25) is 0 Å². The van der Waals surface area contributed by atoms with Crippen LogP contribution < -0.4 is 4.90 Å². The first-order chi connectivity index (χ1) is 20.8. The Kier molecular flexibility index (Phi) is 6.05. The number of anilines is 3. The predicted octanol–water partition coefficient (Wildman–Crippen LogP) is 12.0. The van der Waals surface area contributed by atoms with Gasteiger partial charge in [0, 0.05) is 37.2 Å². The van der Waals surface area contributed by atoms with Gasteiger partial charge < -0.3 is 4.90 Å². The van der Waals surface area contributed by atoms with Crippen molar-refractivity contribution in [1.82, 2.24) is 0 Å². The highest BCUT2D eigenvalue weighted by Gasteiger charge is 2.14. The lowest BCUT2D eigenvalue weighted by atomic mass is 10.00. The van der Waals surface area contributed by atoms with Crippen LogP contribution in [0, 0.1) is 0 Å². The zero-order valence-electron chi connectivity index (χ0n) is 22.9. The average Bonchev–Trinajstić information content (AvgIpc) is 3.42. The van der Waals surface area contributed by atoms with Crippen LogP contribution >= 0.6 is 11.3 Å². The summed E-state index contributed by atoms with van der Waals surface area (Å²) in [6, 6.07) is 59.1. The maximum atomic E-state index is 2.36. The second-order valence-corrected chi connectivity index (χ2v) is 11.7. The lowest BCUT2D eigenvalue weighted by Gasteiger charge is -2.26. The van der Waals surface area contributed by atoms with Crippen molar-refractivity contribution in [1.29, 1.82) is 0 Å². The average molecular weight is 554 g/mol. The maximum absolute atomic E-state index is 2.36. The molecule has 0 saturated heterocycles. The highest BCUT2D eigenvalue weighted by Crippen LogP contribution is 2.40. The lowest BCUT2D eigenvalue weighted by molar-refractivity contribution is 1.29. The van der Waals surface area contributed by atoms with E-state index in [-0.39, 0.29) is 0 Å². The summed E-state index contributed by atoms with van der Waals surface area (Å²) in [5.41, 5.74) is 8.30. The van der Waals surface area contributed by atoms with Crippen LogP contribution in [0.1, 0.15) is 0 Å². The van der Waals surface area contributed by atoms with Gasteiger partial charge in [-0.3, -0.25) is 0 Å². The van der Waals surface area contributed by atoms with Crippen molar-refractivity contribution in [2.45, 2.75) is 0 Å². The van der Waals surface area contributed by atoms with E-state index < -0.39 is 0 Å². The van der Waals surface area contributed by atoms with Crippen LogP contribution in [0.2, 0.25) is 0 Å². The highest BCUT2D eigenvalue weighted by atomic mass is 32.1. The third kappa shape index (κ3) is 4.43. The Morgan fingerprint density at radius 3 is 1.60 bits per heavy atom. The van der Waals surface area contributed by atoms with Crippen molar-refractivity contribution in [3.05, 3.63) is 164 Å². The Bertz CT molecular complexity index is 2160. The minimum absolute atomic E-state index is 1.13. The van der Waals surface area contributed by atoms with Crippen LogP contribution in [-0.4, -0.2) is 0 Å². The molecule has 0 radical (unpaired) electrons. The van der Waals surface area contributed by atoms with Gasteiger partial charge in [0.1, 0.15) is 0 Å². The van der Waals surface area contributed by atoms with Crippen molar-refractivity contribution in [2.24, 2.45) is 0 Å². The van der Waals surface area contributed by atoms with Gasteiger partial charge in [-0.15, -0.1) is 11.3 Å². The number of thiophene rings is 1. The van der Waals surface area contributed by atoms with Gasteiger partial charge in [0.15, 0.2) is 0 Å². The molecule has 7 aromatic carbocycles. The molecule has 0 aliphatic rings. The van der Waals surface area contributed by atoms with Gasteiger partial charge in [-0.2, -0.15) is 0 Å². The molecule has 0 amide bonds. The van der Waals surface area contributed by atoms with Crippen molar-refractivity contribution in [2.75, 3.05) is 4.90 Å². The molecular formula is C40H27NS. The van der Waals surface area contributed by atoms with E-state index in [9.17, 15) is 0 Å². The van der Waals surface area contributed by atoms with Gasteiger partial charge >= 0.3 is 0 Å². The number of para-hydroxylation sites is 1. The van der Waals surface area contributed by atoms with E-state index in [1.165, 1.54) is 53.2 Å². The molecule has 0 N–H and O–H groups in total. The first-order valence-electron chi connectivity index (χ1n) is 14.3. The van der Waals surface area contributed by atoms with Crippen molar-refractivity contribution in [3.8, 4) is 22.3 Å². The van der Waals surface area contributed by atoms with Gasteiger partial charge in [-0.25, -0.2) is 0 Å². The SMILES string of the molecule is c1ccc(-c2ccc(-c3ccc(N(c4ccccc4)c4ccc5cc6sc7ccccc7c6cc5c4)cc3)cc2)cc1. The monoisotopic (exact) mass is 553 g/mol. The number of hydrogen-bond donors (Lipinski definition) is 0. The molecule has 0 aliphatic heterocycles. The standard InChI is InChI=1S/C40H27NS/c1-3-9-28(10-4-1)29-15-17-30(18-16-29)31-19-22-35(23-20-31)41(34-11-5-2-6-12-34)36-24-21-32-27-40-38(26-33(32)25-36)37-13-7-8-14-39(37)42-40/h1-27H. The molecule has 1 nitrogen and oxygen atoms in total. The normalized spacial score (nSPS) is 11.3. The van der Waals surface area contributed by atoms with Crippen molar-refractivity contribution < 1.29 is 0 Å². The highest BCUT2D eigenvalue weighted by molar-refractivity contribution is 7.25. The van der Waals surface area contributed by atoms with E-state index in [1.807, 2.05) is 11.3 Å². The Morgan fingerprint density at radius 2 is 0.881 bits per heavy atom. The summed E-state index contributed by atoms with van der Waals surface area (Å²) in [7, 11) is 0. The van der Waals surface area contributed by atoms with E-state index in [0.717, 1.165) is 17.1 Å². The zero-order valence-corrected chi connectivity index (χ0v) is 23.8. The third-order valence-corrected chi connectivity index (χ3v) is 9.18. The van der Waals surface area contributed by atoms with Gasteiger partial charge in [0.05, 0.1) is 0 Å². The summed E-state index contributed by atoms with van der Waals surface area (Å²) in [5, 5.41) is 5.17. The molecule has 0 unspecified atom stereocenters. The van der Waals surface area contributed by atoms with Crippen LogP contribution in [0.3, 0.4) is 0 Å². The fourth-order valence-corrected chi connectivity index (χ4v) is 7.04. The molecule has 0 atom stereocenters. The van der Waals surface area contributed by atoms with E-state index in [0.29, 0.717) is 0 Å². The van der Waals surface area contributed by atoms with E-state index >= 15 is 0 Å². The molecule has 0 bridgehead atoms.